The molecule has 0 saturated carbocycles. The maximum atomic E-state index is 13.5. The fraction of sp³-hybridized carbons (Fsp3) is 0.400. The molecule has 2 aromatic rings. The Kier molecular flexibility index (Phi) is 10.0. The van der Waals surface area contributed by atoms with E-state index in [1.807, 2.05) is 38.1 Å². The van der Waals surface area contributed by atoms with Gasteiger partial charge in [0.25, 0.3) is 0 Å². The molecule has 0 radical (unpaired) electrons. The van der Waals surface area contributed by atoms with Gasteiger partial charge in [-0.1, -0.05) is 54.0 Å². The van der Waals surface area contributed by atoms with Crippen molar-refractivity contribution in [3.8, 4) is 0 Å². The third-order valence-corrected chi connectivity index (χ3v) is 7.01. The van der Waals surface area contributed by atoms with Crippen molar-refractivity contribution in [2.24, 2.45) is 5.92 Å². The molecule has 1 atom stereocenters. The lowest BCUT2D eigenvalue weighted by molar-refractivity contribution is -0.139. The Balaban J connectivity index is 2.39. The molecule has 8 nitrogen and oxygen atoms in total. The lowest BCUT2D eigenvalue weighted by Gasteiger charge is -2.31. The highest BCUT2D eigenvalue weighted by molar-refractivity contribution is 9.10. The maximum absolute atomic E-state index is 13.5. The van der Waals surface area contributed by atoms with E-state index >= 15 is 0 Å². The third kappa shape index (κ3) is 8.47. The summed E-state index contributed by atoms with van der Waals surface area (Å²) in [4.78, 5) is 39.5. The van der Waals surface area contributed by atoms with E-state index in [1.165, 1.54) is 24.0 Å². The highest BCUT2D eigenvalue weighted by Crippen LogP contribution is 2.21. The first-order chi connectivity index (χ1) is 16.3. The Morgan fingerprint density at radius 2 is 1.66 bits per heavy atom. The lowest BCUT2D eigenvalue weighted by atomic mass is 10.1. The SMILES string of the molecule is CC(=O)c1cccc(N(CC(=O)N(Cc2ccc(Br)cc2)[C@@H](C)C(=O)NCC(C)C)S(C)(=O)=O)c1. The molecular formula is C25H32BrN3O5S. The van der Waals surface area contributed by atoms with Gasteiger partial charge in [-0.15, -0.1) is 0 Å². The van der Waals surface area contributed by atoms with Crippen molar-refractivity contribution >= 4 is 49.2 Å². The number of nitrogens with one attached hydrogen (secondary N) is 1. The van der Waals surface area contributed by atoms with Crippen LogP contribution in [0.2, 0.25) is 0 Å². The summed E-state index contributed by atoms with van der Waals surface area (Å²) < 4.78 is 27.1. The van der Waals surface area contributed by atoms with Gasteiger partial charge in [-0.25, -0.2) is 8.42 Å². The van der Waals surface area contributed by atoms with E-state index < -0.39 is 28.5 Å². The second-order valence-corrected chi connectivity index (χ2v) is 11.7. The molecule has 0 unspecified atom stereocenters. The molecule has 0 aliphatic heterocycles. The number of carbonyl (C=O) groups excluding carboxylic acids is 3. The fourth-order valence-corrected chi connectivity index (χ4v) is 4.42. The van der Waals surface area contributed by atoms with E-state index in [2.05, 4.69) is 21.2 Å². The topological polar surface area (TPSA) is 104 Å². The number of rotatable bonds is 11. The molecule has 35 heavy (non-hydrogen) atoms. The quantitative estimate of drug-likeness (QED) is 0.419. The fourth-order valence-electron chi connectivity index (χ4n) is 3.32. The van der Waals surface area contributed by atoms with Crippen LogP contribution >= 0.6 is 15.9 Å². The largest absolute Gasteiger partial charge is 0.354 e. The Morgan fingerprint density at radius 3 is 2.20 bits per heavy atom. The van der Waals surface area contributed by atoms with Crippen LogP contribution in [0.15, 0.2) is 53.0 Å². The number of ketones is 1. The number of halogens is 1. The number of carbonyl (C=O) groups is 3. The van der Waals surface area contributed by atoms with E-state index in [4.69, 9.17) is 0 Å². The van der Waals surface area contributed by atoms with Gasteiger partial charge >= 0.3 is 0 Å². The Bertz CT molecular complexity index is 1170. The molecule has 0 spiro atoms. The molecule has 0 bridgehead atoms. The lowest BCUT2D eigenvalue weighted by Crippen LogP contribution is -2.51. The van der Waals surface area contributed by atoms with E-state index in [-0.39, 0.29) is 29.8 Å². The van der Waals surface area contributed by atoms with E-state index in [0.29, 0.717) is 12.1 Å². The molecule has 10 heteroatoms. The van der Waals surface area contributed by atoms with Crippen molar-refractivity contribution in [2.75, 3.05) is 23.7 Å². The molecule has 190 valence electrons. The Labute approximate surface area is 215 Å². The number of Topliss-reactive ketones (excluding diaryl/α,β-unsaturated/α-hetero) is 1. The zero-order valence-corrected chi connectivity index (χ0v) is 23.0. The van der Waals surface area contributed by atoms with Crippen molar-refractivity contribution in [1.82, 2.24) is 10.2 Å². The van der Waals surface area contributed by atoms with Crippen molar-refractivity contribution in [3.05, 3.63) is 64.1 Å². The predicted molar refractivity (Wildman–Crippen MR) is 141 cm³/mol. The van der Waals surface area contributed by atoms with Gasteiger partial charge in [0.1, 0.15) is 12.6 Å². The van der Waals surface area contributed by atoms with Crippen LogP contribution in [0.3, 0.4) is 0 Å². The van der Waals surface area contributed by atoms with Crippen molar-refractivity contribution in [2.45, 2.75) is 40.3 Å². The summed E-state index contributed by atoms with van der Waals surface area (Å²) >= 11 is 3.38. The molecule has 0 aliphatic carbocycles. The van der Waals surface area contributed by atoms with Crippen LogP contribution < -0.4 is 9.62 Å². The standard InChI is InChI=1S/C25H32BrN3O5S/c1-17(2)14-27-25(32)18(3)28(15-20-9-11-22(26)12-10-20)24(31)16-29(35(5,33)34)23-8-6-7-21(13-23)19(4)30/h6-13,17-18H,14-16H2,1-5H3,(H,27,32)/t18-/m0/s1. The highest BCUT2D eigenvalue weighted by Gasteiger charge is 2.30. The van der Waals surface area contributed by atoms with Crippen molar-refractivity contribution in [3.63, 3.8) is 0 Å². The molecular weight excluding hydrogens is 534 g/mol. The first-order valence-corrected chi connectivity index (χ1v) is 13.8. The summed E-state index contributed by atoms with van der Waals surface area (Å²) in [6, 6.07) is 12.6. The molecule has 0 heterocycles. The summed E-state index contributed by atoms with van der Waals surface area (Å²) in [6.45, 7) is 6.99. The first-order valence-electron chi connectivity index (χ1n) is 11.2. The number of hydrogen-bond donors (Lipinski definition) is 1. The van der Waals surface area contributed by atoms with Crippen molar-refractivity contribution in [1.29, 1.82) is 0 Å². The van der Waals surface area contributed by atoms with E-state index in [1.54, 1.807) is 19.1 Å². The normalized spacial score (nSPS) is 12.2. The molecule has 2 aromatic carbocycles. The minimum absolute atomic E-state index is 0.119. The molecule has 2 amide bonds. The van der Waals surface area contributed by atoms with Gasteiger partial charge in [0.15, 0.2) is 5.78 Å². The Morgan fingerprint density at radius 1 is 1.03 bits per heavy atom. The second-order valence-electron chi connectivity index (χ2n) is 8.84. The minimum atomic E-state index is -3.87. The van der Waals surface area contributed by atoms with Crippen LogP contribution in [-0.2, 0) is 26.2 Å². The minimum Gasteiger partial charge on any atom is -0.354 e. The van der Waals surface area contributed by atoms with Gasteiger partial charge in [-0.2, -0.15) is 0 Å². The molecule has 0 aliphatic rings. The zero-order valence-electron chi connectivity index (χ0n) is 20.6. The summed E-state index contributed by atoms with van der Waals surface area (Å²) in [5, 5.41) is 2.84. The average Bonchev–Trinajstić information content (AvgIpc) is 2.79. The van der Waals surface area contributed by atoms with Crippen LogP contribution in [0.4, 0.5) is 5.69 Å². The van der Waals surface area contributed by atoms with Gasteiger partial charge < -0.3 is 10.2 Å². The number of sulfonamides is 1. The molecule has 2 rings (SSSR count). The number of hydrogen-bond acceptors (Lipinski definition) is 5. The molecule has 1 N–H and O–H groups in total. The number of nitrogens with zero attached hydrogens (tertiary/aromatic N) is 2. The Hall–Kier alpha value is -2.72. The van der Waals surface area contributed by atoms with Crippen LogP contribution in [0.1, 0.15) is 43.6 Å². The van der Waals surface area contributed by atoms with Crippen LogP contribution in [0.5, 0.6) is 0 Å². The summed E-state index contributed by atoms with van der Waals surface area (Å²) in [7, 11) is -3.87. The molecule has 0 fully saturated rings. The summed E-state index contributed by atoms with van der Waals surface area (Å²) in [6.07, 6.45) is 0.999. The number of amides is 2. The monoisotopic (exact) mass is 565 g/mol. The van der Waals surface area contributed by atoms with Gasteiger partial charge in [-0.05, 0) is 49.6 Å². The summed E-state index contributed by atoms with van der Waals surface area (Å²) in [5.74, 6) is -0.859. The number of anilines is 1. The molecule has 0 saturated heterocycles. The highest BCUT2D eigenvalue weighted by atomic mass is 79.9. The third-order valence-electron chi connectivity index (χ3n) is 5.34. The second kappa shape index (κ2) is 12.3. The van der Waals surface area contributed by atoms with Gasteiger partial charge in [0, 0.05) is 23.1 Å². The zero-order chi connectivity index (χ0) is 26.3. The predicted octanol–water partition coefficient (Wildman–Crippen LogP) is 3.61. The van der Waals surface area contributed by atoms with E-state index in [0.717, 1.165) is 20.6 Å². The average molecular weight is 567 g/mol. The summed E-state index contributed by atoms with van der Waals surface area (Å²) in [5.41, 5.74) is 1.32. The van der Waals surface area contributed by atoms with Crippen LogP contribution in [-0.4, -0.2) is 56.3 Å². The van der Waals surface area contributed by atoms with Crippen LogP contribution in [0.25, 0.3) is 0 Å². The smallest absolute Gasteiger partial charge is 0.244 e. The van der Waals surface area contributed by atoms with Crippen molar-refractivity contribution < 1.29 is 22.8 Å². The first kappa shape index (κ1) is 28.5. The van der Waals surface area contributed by atoms with Gasteiger partial charge in [-0.3, -0.25) is 18.7 Å². The number of benzene rings is 2. The maximum Gasteiger partial charge on any atom is 0.244 e. The van der Waals surface area contributed by atoms with Gasteiger partial charge in [0.05, 0.1) is 11.9 Å². The molecule has 0 aromatic heterocycles. The van der Waals surface area contributed by atoms with E-state index in [9.17, 15) is 22.8 Å². The van der Waals surface area contributed by atoms with Gasteiger partial charge in [0.2, 0.25) is 21.8 Å². The van der Waals surface area contributed by atoms with Crippen LogP contribution in [0, 0.1) is 5.92 Å².